The molecular weight excluding hydrogens is 324 g/mol. The molecule has 0 nitrogen and oxygen atoms in total. The molecule has 0 aromatic rings. The van der Waals surface area contributed by atoms with Crippen LogP contribution in [-0.4, -0.2) is 24.7 Å². The van der Waals surface area contributed by atoms with Gasteiger partial charge in [-0.2, -0.15) is 52.7 Å². The second kappa shape index (κ2) is 5.35. The fourth-order valence-corrected chi connectivity index (χ4v) is 1.03. The highest BCUT2D eigenvalue weighted by Crippen LogP contribution is 2.43. The molecule has 20 heavy (non-hydrogen) atoms. The minimum atomic E-state index is -6.06. The van der Waals surface area contributed by atoms with Crippen molar-refractivity contribution < 1.29 is 52.7 Å². The monoisotopic (exact) mass is 328 g/mol. The van der Waals surface area contributed by atoms with Gasteiger partial charge in [0.1, 0.15) is 0 Å². The Morgan fingerprint density at radius 1 is 0.400 bits per heavy atom. The van der Waals surface area contributed by atoms with E-state index >= 15 is 0 Å². The molecule has 0 spiro atoms. The van der Waals surface area contributed by atoms with Crippen LogP contribution in [0.1, 0.15) is 0 Å². The van der Waals surface area contributed by atoms with Crippen LogP contribution in [0.15, 0.2) is 12.2 Å². The van der Waals surface area contributed by atoms with Gasteiger partial charge in [-0.3, -0.25) is 0 Å². The van der Waals surface area contributed by atoms with Crippen molar-refractivity contribution in [3.05, 3.63) is 12.2 Å². The van der Waals surface area contributed by atoms with Gasteiger partial charge in [0.05, 0.1) is 0 Å². The fraction of sp³-hybridized carbons (Fsp3) is 0.750. The van der Waals surface area contributed by atoms with Crippen molar-refractivity contribution >= 4 is 0 Å². The maximum Gasteiger partial charge on any atom is 0.403 e. The van der Waals surface area contributed by atoms with Crippen LogP contribution in [-0.2, 0) is 0 Å². The van der Waals surface area contributed by atoms with E-state index in [4.69, 9.17) is 0 Å². The van der Waals surface area contributed by atoms with E-state index in [1.165, 1.54) is 0 Å². The summed E-state index contributed by atoms with van der Waals surface area (Å²) in [6, 6.07) is 0. The summed E-state index contributed by atoms with van der Waals surface area (Å²) >= 11 is 0. The maximum absolute atomic E-state index is 11.9. The number of hydrogen-bond acceptors (Lipinski definition) is 0. The van der Waals surface area contributed by atoms with Crippen molar-refractivity contribution in [3.8, 4) is 0 Å². The second-order valence-electron chi connectivity index (χ2n) is 3.51. The Balaban J connectivity index is 5.50. The minimum absolute atomic E-state index is 1.19. The van der Waals surface area contributed by atoms with E-state index in [0.29, 0.717) is 0 Å². The standard InChI is InChI=1S/C8H4F12/c9-5(10,11)3(6(12,13)14)1-2-4(7(15,16)17)8(18,19)20/h1-4H/b2-1+. The summed E-state index contributed by atoms with van der Waals surface area (Å²) in [6.07, 6.45) is -26.6. The molecule has 0 unspecified atom stereocenters. The van der Waals surface area contributed by atoms with Crippen molar-refractivity contribution in [1.82, 2.24) is 0 Å². The third-order valence-electron chi connectivity index (χ3n) is 1.91. The van der Waals surface area contributed by atoms with E-state index in [9.17, 15) is 52.7 Å². The second-order valence-corrected chi connectivity index (χ2v) is 3.51. The van der Waals surface area contributed by atoms with Gasteiger partial charge in [0, 0.05) is 0 Å². The molecule has 0 aliphatic heterocycles. The zero-order valence-electron chi connectivity index (χ0n) is 8.84. The molecule has 0 N–H and O–H groups in total. The molecule has 0 aliphatic rings. The summed E-state index contributed by atoms with van der Waals surface area (Å²) in [5.74, 6) is -8.83. The molecule has 12 heteroatoms. The van der Waals surface area contributed by atoms with Gasteiger partial charge < -0.3 is 0 Å². The summed E-state index contributed by atoms with van der Waals surface area (Å²) in [6.45, 7) is 0. The van der Waals surface area contributed by atoms with Crippen LogP contribution in [0.4, 0.5) is 52.7 Å². The molecule has 0 bridgehead atoms. The lowest BCUT2D eigenvalue weighted by Gasteiger charge is -2.23. The summed E-state index contributed by atoms with van der Waals surface area (Å²) < 4.78 is 143. The first-order valence-corrected chi connectivity index (χ1v) is 4.42. The predicted octanol–water partition coefficient (Wildman–Crippen LogP) is 5.02. The SMILES string of the molecule is FC(F)(F)C(/C=C/C(C(F)(F)F)C(F)(F)F)C(F)(F)F. The van der Waals surface area contributed by atoms with Crippen molar-refractivity contribution in [1.29, 1.82) is 0 Å². The van der Waals surface area contributed by atoms with Gasteiger partial charge in [0.15, 0.2) is 11.8 Å². The molecule has 0 fully saturated rings. The highest BCUT2D eigenvalue weighted by Gasteiger charge is 2.58. The first-order chi connectivity index (χ1) is 8.47. The van der Waals surface area contributed by atoms with Crippen molar-refractivity contribution in [2.45, 2.75) is 24.7 Å². The molecular formula is C8H4F12. The van der Waals surface area contributed by atoms with Crippen LogP contribution < -0.4 is 0 Å². The number of rotatable bonds is 2. The first-order valence-electron chi connectivity index (χ1n) is 4.42. The van der Waals surface area contributed by atoms with Gasteiger partial charge in [-0.05, 0) is 0 Å². The Morgan fingerprint density at radius 3 is 0.650 bits per heavy atom. The largest absolute Gasteiger partial charge is 0.403 e. The first kappa shape index (κ1) is 18.9. The van der Waals surface area contributed by atoms with Gasteiger partial charge in [-0.15, -0.1) is 0 Å². The van der Waals surface area contributed by atoms with Crippen LogP contribution in [0.2, 0.25) is 0 Å². The Hall–Kier alpha value is -1.10. The highest BCUT2D eigenvalue weighted by atomic mass is 19.4. The van der Waals surface area contributed by atoms with E-state index in [1.807, 2.05) is 0 Å². The van der Waals surface area contributed by atoms with E-state index in [1.54, 1.807) is 0 Å². The maximum atomic E-state index is 11.9. The van der Waals surface area contributed by atoms with Gasteiger partial charge >= 0.3 is 24.7 Å². The van der Waals surface area contributed by atoms with Crippen molar-refractivity contribution in [2.24, 2.45) is 11.8 Å². The molecule has 0 aromatic carbocycles. The third kappa shape index (κ3) is 5.49. The summed E-state index contributed by atoms with van der Waals surface area (Å²) in [4.78, 5) is 0. The zero-order valence-corrected chi connectivity index (χ0v) is 8.84. The average Bonchev–Trinajstić information content (AvgIpc) is 2.02. The molecule has 0 saturated carbocycles. The van der Waals surface area contributed by atoms with Crippen molar-refractivity contribution in [3.63, 3.8) is 0 Å². The van der Waals surface area contributed by atoms with Gasteiger partial charge in [0.2, 0.25) is 0 Å². The third-order valence-corrected chi connectivity index (χ3v) is 1.91. The van der Waals surface area contributed by atoms with Gasteiger partial charge in [-0.25, -0.2) is 0 Å². The van der Waals surface area contributed by atoms with Gasteiger partial charge in [0.25, 0.3) is 0 Å². The van der Waals surface area contributed by atoms with Crippen LogP contribution >= 0.6 is 0 Å². The normalized spacial score (nSPS) is 15.7. The van der Waals surface area contributed by atoms with E-state index in [-0.39, 0.29) is 0 Å². The lowest BCUT2D eigenvalue weighted by molar-refractivity contribution is -0.275. The quantitative estimate of drug-likeness (QED) is 0.493. The molecule has 0 radical (unpaired) electrons. The predicted molar refractivity (Wildman–Crippen MR) is 40.3 cm³/mol. The summed E-state index contributed by atoms with van der Waals surface area (Å²) in [7, 11) is 0. The Labute approximate surface area is 103 Å². The number of halogens is 12. The molecule has 0 amide bonds. The lowest BCUT2D eigenvalue weighted by atomic mass is 10.0. The average molecular weight is 328 g/mol. The number of hydrogen-bond donors (Lipinski definition) is 0. The topological polar surface area (TPSA) is 0 Å². The van der Waals surface area contributed by atoms with E-state index in [0.717, 1.165) is 0 Å². The molecule has 0 saturated heterocycles. The Kier molecular flexibility index (Phi) is 5.06. The minimum Gasteiger partial charge on any atom is -0.170 e. The summed E-state index contributed by atoms with van der Waals surface area (Å²) in [5.41, 5.74) is 0. The molecule has 0 atom stereocenters. The molecule has 0 aromatic heterocycles. The van der Waals surface area contributed by atoms with Crippen molar-refractivity contribution in [2.75, 3.05) is 0 Å². The Morgan fingerprint density at radius 2 is 0.550 bits per heavy atom. The number of allylic oxidation sites excluding steroid dienone is 2. The molecule has 0 rings (SSSR count). The summed E-state index contributed by atoms with van der Waals surface area (Å²) in [5, 5.41) is 0. The number of alkyl halides is 12. The van der Waals surface area contributed by atoms with Crippen LogP contribution in [0, 0.1) is 11.8 Å². The van der Waals surface area contributed by atoms with E-state index in [2.05, 4.69) is 0 Å². The van der Waals surface area contributed by atoms with Crippen LogP contribution in [0.25, 0.3) is 0 Å². The fourth-order valence-electron chi connectivity index (χ4n) is 1.03. The molecule has 0 aliphatic carbocycles. The van der Waals surface area contributed by atoms with Crippen LogP contribution in [0.5, 0.6) is 0 Å². The lowest BCUT2D eigenvalue weighted by Crippen LogP contribution is -2.37. The molecule has 0 heterocycles. The van der Waals surface area contributed by atoms with E-state index < -0.39 is 48.7 Å². The highest BCUT2D eigenvalue weighted by molar-refractivity contribution is 5.02. The molecule has 120 valence electrons. The smallest absolute Gasteiger partial charge is 0.170 e. The van der Waals surface area contributed by atoms with Crippen LogP contribution in [0.3, 0.4) is 0 Å². The van der Waals surface area contributed by atoms with Gasteiger partial charge in [-0.1, -0.05) is 12.2 Å². The Bertz CT molecular complexity index is 274. The zero-order chi connectivity index (χ0) is 16.6.